The Bertz CT molecular complexity index is 3220. The van der Waals surface area contributed by atoms with Crippen LogP contribution in [0.25, 0.3) is 66.6 Å². The molecule has 12 rings (SSSR count). The van der Waals surface area contributed by atoms with Crippen LogP contribution in [0, 0.1) is 5.92 Å². The van der Waals surface area contributed by atoms with Crippen molar-refractivity contribution in [2.45, 2.75) is 11.3 Å². The van der Waals surface area contributed by atoms with Gasteiger partial charge in [-0.3, -0.25) is 9.55 Å². The number of fused-ring (bicyclic) bond motifs is 8. The predicted molar refractivity (Wildman–Crippen MR) is 245 cm³/mol. The zero-order valence-electron chi connectivity index (χ0n) is 32.7. The molecule has 4 heteroatoms. The molecular formula is C56H38N4. The number of aromatic nitrogens is 4. The van der Waals surface area contributed by atoms with Crippen molar-refractivity contribution in [1.82, 2.24) is 19.5 Å². The van der Waals surface area contributed by atoms with E-state index in [1.807, 2.05) is 36.5 Å². The average molecular weight is 767 g/mol. The lowest BCUT2D eigenvalue weighted by atomic mass is 9.64. The van der Waals surface area contributed by atoms with Crippen molar-refractivity contribution in [3.05, 3.63) is 246 Å². The van der Waals surface area contributed by atoms with Crippen molar-refractivity contribution in [1.29, 1.82) is 0 Å². The van der Waals surface area contributed by atoms with Crippen molar-refractivity contribution < 1.29 is 0 Å². The Hall–Kier alpha value is -7.69. The molecule has 0 aliphatic heterocycles. The summed E-state index contributed by atoms with van der Waals surface area (Å²) in [5.41, 5.74) is 12.1. The Kier molecular flexibility index (Phi) is 7.85. The Morgan fingerprint density at radius 3 is 2.07 bits per heavy atom. The molecule has 2 aliphatic carbocycles. The Labute approximate surface area is 348 Å². The number of rotatable bonds is 6. The molecule has 0 N–H and O–H groups in total. The molecule has 2 aliphatic rings. The lowest BCUT2D eigenvalue weighted by Gasteiger charge is -2.38. The first-order valence-corrected chi connectivity index (χ1v) is 20.7. The molecular weight excluding hydrogens is 729 g/mol. The van der Waals surface area contributed by atoms with Crippen LogP contribution in [-0.4, -0.2) is 19.5 Å². The molecule has 60 heavy (non-hydrogen) atoms. The Morgan fingerprint density at radius 1 is 0.533 bits per heavy atom. The van der Waals surface area contributed by atoms with Gasteiger partial charge in [-0.1, -0.05) is 176 Å². The number of benzene rings is 7. The van der Waals surface area contributed by atoms with Crippen LogP contribution in [0.15, 0.2) is 219 Å². The van der Waals surface area contributed by atoms with Crippen LogP contribution >= 0.6 is 0 Å². The topological polar surface area (TPSA) is 43.6 Å². The number of pyridine rings is 1. The maximum absolute atomic E-state index is 5.31. The van der Waals surface area contributed by atoms with E-state index in [-0.39, 0.29) is 11.8 Å². The van der Waals surface area contributed by atoms with Crippen molar-refractivity contribution >= 4 is 38.2 Å². The van der Waals surface area contributed by atoms with Gasteiger partial charge in [-0.25, -0.2) is 9.97 Å². The highest BCUT2D eigenvalue weighted by atomic mass is 15.1. The van der Waals surface area contributed by atoms with Gasteiger partial charge in [-0.05, 0) is 68.9 Å². The third kappa shape index (κ3) is 5.20. The first kappa shape index (κ1) is 34.4. The van der Waals surface area contributed by atoms with Crippen LogP contribution in [0.4, 0.5) is 0 Å². The minimum atomic E-state index is -0.423. The van der Waals surface area contributed by atoms with E-state index >= 15 is 0 Å². The van der Waals surface area contributed by atoms with Gasteiger partial charge in [-0.15, -0.1) is 0 Å². The van der Waals surface area contributed by atoms with Gasteiger partial charge in [0.15, 0.2) is 5.82 Å². The first-order chi connectivity index (χ1) is 29.8. The van der Waals surface area contributed by atoms with Gasteiger partial charge in [0.1, 0.15) is 5.82 Å². The highest BCUT2D eigenvalue weighted by Gasteiger charge is 2.54. The van der Waals surface area contributed by atoms with E-state index in [0.29, 0.717) is 5.82 Å². The summed E-state index contributed by atoms with van der Waals surface area (Å²) >= 11 is 0. The quantitative estimate of drug-likeness (QED) is 0.169. The van der Waals surface area contributed by atoms with Crippen molar-refractivity contribution in [2.24, 2.45) is 5.92 Å². The highest BCUT2D eigenvalue weighted by Crippen LogP contribution is 2.60. The number of hydrogen-bond donors (Lipinski definition) is 0. The van der Waals surface area contributed by atoms with Gasteiger partial charge in [0.2, 0.25) is 0 Å². The fourth-order valence-electron chi connectivity index (χ4n) is 10.2. The number of allylic oxidation sites excluding steroid dienone is 4. The van der Waals surface area contributed by atoms with Gasteiger partial charge < -0.3 is 0 Å². The third-order valence-electron chi connectivity index (χ3n) is 12.8. The minimum absolute atomic E-state index is 0.154. The predicted octanol–water partition coefficient (Wildman–Crippen LogP) is 13.2. The SMILES string of the molecule is C1=CC2C(C=C1c1ccc3c(c1)c1c4ccccc4ccc1n3-c1cc(-c3ccccc3)nc(-c3ccccc3)n1)c1ccccc1C2(c1ccccc1)c1ccccn1. The zero-order chi connectivity index (χ0) is 39.6. The lowest BCUT2D eigenvalue weighted by molar-refractivity contribution is 0.447. The maximum Gasteiger partial charge on any atom is 0.162 e. The standard InChI is InChI=1S/C56H38N4/c1-4-17-38(18-5-1)49-36-53(59-55(58-49)39-19-6-2-7-20-39)60-50-31-29-41(35-46(50)54-43-23-11-10-16-37(43)28-32-51(54)60)40-27-30-48-45(34-40)44-24-12-13-25-47(44)56(48,42-21-8-3-9-22-42)52-26-14-15-33-57-52/h1-36,45,48H. The average Bonchev–Trinajstić information content (AvgIpc) is 3.83. The van der Waals surface area contributed by atoms with E-state index in [0.717, 1.165) is 39.4 Å². The summed E-state index contributed by atoms with van der Waals surface area (Å²) in [6, 6.07) is 69.3. The van der Waals surface area contributed by atoms with Crippen LogP contribution < -0.4 is 0 Å². The third-order valence-corrected chi connectivity index (χ3v) is 12.8. The summed E-state index contributed by atoms with van der Waals surface area (Å²) in [4.78, 5) is 15.5. The summed E-state index contributed by atoms with van der Waals surface area (Å²) in [6.45, 7) is 0. The minimum Gasteiger partial charge on any atom is -0.294 e. The van der Waals surface area contributed by atoms with Gasteiger partial charge in [0.25, 0.3) is 0 Å². The van der Waals surface area contributed by atoms with Crippen LogP contribution in [0.2, 0.25) is 0 Å². The molecule has 0 fully saturated rings. The smallest absolute Gasteiger partial charge is 0.162 e. The molecule has 3 unspecified atom stereocenters. The summed E-state index contributed by atoms with van der Waals surface area (Å²) in [7, 11) is 0. The molecule has 282 valence electrons. The molecule has 3 aromatic heterocycles. The van der Waals surface area contributed by atoms with Crippen molar-refractivity contribution in [3.8, 4) is 28.5 Å². The molecule has 0 saturated heterocycles. The van der Waals surface area contributed by atoms with Crippen molar-refractivity contribution in [3.63, 3.8) is 0 Å². The monoisotopic (exact) mass is 766 g/mol. The molecule has 0 bridgehead atoms. The highest BCUT2D eigenvalue weighted by molar-refractivity contribution is 6.21. The Morgan fingerprint density at radius 2 is 1.25 bits per heavy atom. The van der Waals surface area contributed by atoms with E-state index in [1.54, 1.807) is 0 Å². The summed E-state index contributed by atoms with van der Waals surface area (Å²) in [5.74, 6) is 1.84. The fraction of sp³-hybridized carbons (Fsp3) is 0.0536. The molecule has 3 atom stereocenters. The molecule has 7 aromatic carbocycles. The second-order valence-corrected chi connectivity index (χ2v) is 15.9. The number of nitrogens with zero attached hydrogens (tertiary/aromatic N) is 4. The zero-order valence-corrected chi connectivity index (χ0v) is 32.7. The normalized spacial score (nSPS) is 18.1. The molecule has 3 heterocycles. The van der Waals surface area contributed by atoms with E-state index in [9.17, 15) is 0 Å². The summed E-state index contributed by atoms with van der Waals surface area (Å²) < 4.78 is 2.33. The molecule has 10 aromatic rings. The molecule has 0 amide bonds. The van der Waals surface area contributed by atoms with E-state index in [2.05, 4.69) is 187 Å². The van der Waals surface area contributed by atoms with Crippen LogP contribution in [-0.2, 0) is 5.41 Å². The van der Waals surface area contributed by atoms with E-state index in [1.165, 1.54) is 49.4 Å². The van der Waals surface area contributed by atoms with Gasteiger partial charge in [0.05, 0.1) is 27.8 Å². The lowest BCUT2D eigenvalue weighted by Crippen LogP contribution is -2.36. The molecule has 0 spiro atoms. The molecule has 4 nitrogen and oxygen atoms in total. The largest absolute Gasteiger partial charge is 0.294 e. The Balaban J connectivity index is 1.06. The van der Waals surface area contributed by atoms with Crippen LogP contribution in [0.5, 0.6) is 0 Å². The van der Waals surface area contributed by atoms with Gasteiger partial charge in [0, 0.05) is 46.0 Å². The molecule has 0 saturated carbocycles. The number of hydrogen-bond acceptors (Lipinski definition) is 3. The van der Waals surface area contributed by atoms with E-state index < -0.39 is 5.41 Å². The van der Waals surface area contributed by atoms with Crippen LogP contribution in [0.3, 0.4) is 0 Å². The van der Waals surface area contributed by atoms with Gasteiger partial charge in [-0.2, -0.15) is 0 Å². The fourth-order valence-corrected chi connectivity index (χ4v) is 10.2. The van der Waals surface area contributed by atoms with Gasteiger partial charge >= 0.3 is 0 Å². The second-order valence-electron chi connectivity index (χ2n) is 15.9. The summed E-state index contributed by atoms with van der Waals surface area (Å²) in [5, 5.41) is 4.84. The van der Waals surface area contributed by atoms with Crippen LogP contribution in [0.1, 0.15) is 33.9 Å². The first-order valence-electron chi connectivity index (χ1n) is 20.7. The molecule has 0 radical (unpaired) electrons. The maximum atomic E-state index is 5.31. The van der Waals surface area contributed by atoms with E-state index in [4.69, 9.17) is 15.0 Å². The second kappa shape index (κ2) is 13.7. The van der Waals surface area contributed by atoms with Crippen molar-refractivity contribution in [2.75, 3.05) is 0 Å². The summed E-state index contributed by atoms with van der Waals surface area (Å²) in [6.07, 6.45) is 9.26.